The minimum absolute atomic E-state index is 0.0223. The van der Waals surface area contributed by atoms with E-state index in [4.69, 9.17) is 27.9 Å². The fraction of sp³-hybridized carbons (Fsp3) is 0.409. The number of amides is 1. The first-order valence-corrected chi connectivity index (χ1v) is 11.0. The third kappa shape index (κ3) is 7.60. The molecule has 1 amide bonds. The molecule has 0 heterocycles. The molecule has 0 aliphatic carbocycles. The summed E-state index contributed by atoms with van der Waals surface area (Å²) in [6.45, 7) is 2.69. The number of nitrogens with one attached hydrogen (secondary N) is 1. The number of rotatable bonds is 12. The van der Waals surface area contributed by atoms with E-state index in [0.29, 0.717) is 6.54 Å². The Balaban J connectivity index is 1.97. The molecule has 0 bridgehead atoms. The average molecular weight is 469 g/mol. The normalized spacial score (nSPS) is 10.7. The maximum atomic E-state index is 12.4. The number of benzene rings is 2. The number of ether oxygens (including phenoxy) is 1. The Morgan fingerprint density at radius 3 is 2.29 bits per heavy atom. The molecule has 0 aromatic heterocycles. The average Bonchev–Trinajstić information content (AvgIpc) is 2.73. The molecule has 0 aliphatic rings. The van der Waals surface area contributed by atoms with Crippen molar-refractivity contribution in [2.24, 2.45) is 0 Å². The van der Waals surface area contributed by atoms with Crippen molar-refractivity contribution >= 4 is 34.8 Å². The van der Waals surface area contributed by atoms with Crippen molar-refractivity contribution in [3.63, 3.8) is 0 Å². The smallest absolute Gasteiger partial charge is 0.272 e. The van der Waals surface area contributed by atoms with E-state index >= 15 is 0 Å². The fourth-order valence-corrected chi connectivity index (χ4v) is 3.56. The van der Waals surface area contributed by atoms with Crippen molar-refractivity contribution < 1.29 is 19.6 Å². The number of halogens is 2. The highest BCUT2D eigenvalue weighted by Crippen LogP contribution is 2.40. The standard InChI is InChI=1S/C22H26Cl2N2O5/c1-2-3-4-5-6-7-8-11-25-22(28)17-14-16(9-10-20(17)27)31-21-18(23)12-15(26(29)30)13-19(21)24/h9-10,12-14,27H,2-8,11H2,1H3,(H,25,28). The van der Waals surface area contributed by atoms with E-state index in [0.717, 1.165) is 31.4 Å². The molecule has 31 heavy (non-hydrogen) atoms. The van der Waals surface area contributed by atoms with Crippen molar-refractivity contribution in [3.05, 3.63) is 56.1 Å². The Labute approximate surface area is 191 Å². The molecule has 2 aromatic rings. The first kappa shape index (κ1) is 24.8. The van der Waals surface area contributed by atoms with Gasteiger partial charge in [0.1, 0.15) is 11.5 Å². The summed E-state index contributed by atoms with van der Waals surface area (Å²) in [5.41, 5.74) is -0.215. The van der Waals surface area contributed by atoms with Gasteiger partial charge in [0.25, 0.3) is 11.6 Å². The van der Waals surface area contributed by atoms with Crippen LogP contribution in [0.3, 0.4) is 0 Å². The Hall–Kier alpha value is -2.51. The van der Waals surface area contributed by atoms with E-state index in [1.807, 2.05) is 0 Å². The highest BCUT2D eigenvalue weighted by atomic mass is 35.5. The number of nitro groups is 1. The number of hydrogen-bond donors (Lipinski definition) is 2. The molecule has 0 saturated carbocycles. The number of phenols is 1. The largest absolute Gasteiger partial charge is 0.507 e. The fourth-order valence-electron chi connectivity index (χ4n) is 3.01. The van der Waals surface area contributed by atoms with Gasteiger partial charge in [-0.3, -0.25) is 14.9 Å². The van der Waals surface area contributed by atoms with Gasteiger partial charge in [-0.25, -0.2) is 0 Å². The van der Waals surface area contributed by atoms with Crippen LogP contribution >= 0.6 is 23.2 Å². The molecule has 0 saturated heterocycles. The van der Waals surface area contributed by atoms with E-state index in [1.54, 1.807) is 0 Å². The van der Waals surface area contributed by atoms with Crippen LogP contribution in [0.1, 0.15) is 62.2 Å². The number of unbranched alkanes of at least 4 members (excludes halogenated alkanes) is 6. The van der Waals surface area contributed by atoms with Gasteiger partial charge in [0, 0.05) is 18.7 Å². The van der Waals surface area contributed by atoms with Crippen LogP contribution in [-0.2, 0) is 0 Å². The molecule has 168 valence electrons. The van der Waals surface area contributed by atoms with Crippen molar-refractivity contribution in [1.82, 2.24) is 5.32 Å². The Morgan fingerprint density at radius 1 is 1.06 bits per heavy atom. The van der Waals surface area contributed by atoms with Crippen LogP contribution in [0.5, 0.6) is 17.2 Å². The molecule has 0 spiro atoms. The summed E-state index contributed by atoms with van der Waals surface area (Å²) in [4.78, 5) is 22.7. The van der Waals surface area contributed by atoms with Gasteiger partial charge in [0.05, 0.1) is 20.5 Å². The zero-order chi connectivity index (χ0) is 22.8. The van der Waals surface area contributed by atoms with Crippen molar-refractivity contribution in [2.75, 3.05) is 6.54 Å². The number of nitrogens with zero attached hydrogens (tertiary/aromatic N) is 1. The second-order valence-electron chi connectivity index (χ2n) is 7.15. The molecule has 9 heteroatoms. The van der Waals surface area contributed by atoms with Gasteiger partial charge in [0.15, 0.2) is 5.75 Å². The van der Waals surface area contributed by atoms with Gasteiger partial charge in [-0.15, -0.1) is 0 Å². The van der Waals surface area contributed by atoms with Gasteiger partial charge in [-0.05, 0) is 24.6 Å². The minimum Gasteiger partial charge on any atom is -0.507 e. The van der Waals surface area contributed by atoms with E-state index < -0.39 is 10.8 Å². The second kappa shape index (κ2) is 12.4. The predicted molar refractivity (Wildman–Crippen MR) is 122 cm³/mol. The summed E-state index contributed by atoms with van der Waals surface area (Å²) in [6.07, 6.45) is 7.96. The second-order valence-corrected chi connectivity index (χ2v) is 7.97. The van der Waals surface area contributed by atoms with E-state index in [-0.39, 0.29) is 38.5 Å². The SMILES string of the molecule is CCCCCCCCCNC(=O)c1cc(Oc2c(Cl)cc([N+](=O)[O-])cc2Cl)ccc1O. The van der Waals surface area contributed by atoms with Gasteiger partial charge >= 0.3 is 0 Å². The van der Waals surface area contributed by atoms with Crippen molar-refractivity contribution in [2.45, 2.75) is 51.9 Å². The molecule has 0 fully saturated rings. The molecule has 0 atom stereocenters. The van der Waals surface area contributed by atoms with Gasteiger partial charge in [-0.2, -0.15) is 0 Å². The monoisotopic (exact) mass is 468 g/mol. The predicted octanol–water partition coefficient (Wildman–Crippen LogP) is 6.88. The topological polar surface area (TPSA) is 102 Å². The molecular weight excluding hydrogens is 443 g/mol. The quantitative estimate of drug-likeness (QED) is 0.200. The number of carbonyl (C=O) groups is 1. The molecule has 0 radical (unpaired) electrons. The van der Waals surface area contributed by atoms with Crippen LogP contribution in [0, 0.1) is 10.1 Å². The Bertz CT molecular complexity index is 898. The lowest BCUT2D eigenvalue weighted by atomic mass is 10.1. The summed E-state index contributed by atoms with van der Waals surface area (Å²) in [6, 6.07) is 6.38. The van der Waals surface area contributed by atoms with Crippen LogP contribution in [0.2, 0.25) is 10.0 Å². The lowest BCUT2D eigenvalue weighted by Crippen LogP contribution is -2.24. The third-order valence-electron chi connectivity index (χ3n) is 4.69. The summed E-state index contributed by atoms with van der Waals surface area (Å²) < 4.78 is 5.63. The molecule has 2 N–H and O–H groups in total. The number of aromatic hydroxyl groups is 1. The highest BCUT2D eigenvalue weighted by Gasteiger charge is 2.18. The van der Waals surface area contributed by atoms with Gasteiger partial charge < -0.3 is 15.2 Å². The first-order chi connectivity index (χ1) is 14.8. The minimum atomic E-state index is -0.615. The number of phenolic OH excluding ortho intramolecular Hbond substituents is 1. The van der Waals surface area contributed by atoms with Gasteiger partial charge in [-0.1, -0.05) is 68.7 Å². The number of hydrogen-bond acceptors (Lipinski definition) is 5. The van der Waals surface area contributed by atoms with E-state index in [9.17, 15) is 20.0 Å². The van der Waals surface area contributed by atoms with Crippen molar-refractivity contribution in [1.29, 1.82) is 0 Å². The van der Waals surface area contributed by atoms with Crippen LogP contribution in [-0.4, -0.2) is 22.5 Å². The maximum Gasteiger partial charge on any atom is 0.272 e. The van der Waals surface area contributed by atoms with Crippen molar-refractivity contribution in [3.8, 4) is 17.2 Å². The third-order valence-corrected chi connectivity index (χ3v) is 5.25. The molecule has 0 unspecified atom stereocenters. The lowest BCUT2D eigenvalue weighted by molar-refractivity contribution is -0.384. The van der Waals surface area contributed by atoms with Gasteiger partial charge in [0.2, 0.25) is 0 Å². The summed E-state index contributed by atoms with van der Waals surface area (Å²) in [7, 11) is 0. The molecule has 0 aliphatic heterocycles. The Kier molecular flexibility index (Phi) is 9.88. The summed E-state index contributed by atoms with van der Waals surface area (Å²) in [5, 5.41) is 23.7. The van der Waals surface area contributed by atoms with Crippen LogP contribution in [0.25, 0.3) is 0 Å². The van der Waals surface area contributed by atoms with Crippen LogP contribution < -0.4 is 10.1 Å². The van der Waals surface area contributed by atoms with E-state index in [1.165, 1.54) is 43.9 Å². The number of carbonyl (C=O) groups excluding carboxylic acids is 1. The summed E-state index contributed by atoms with van der Waals surface area (Å²) in [5.74, 6) is -0.384. The zero-order valence-corrected chi connectivity index (χ0v) is 18.8. The molecule has 2 aromatic carbocycles. The first-order valence-electron chi connectivity index (χ1n) is 10.3. The zero-order valence-electron chi connectivity index (χ0n) is 17.3. The van der Waals surface area contributed by atoms with Crippen LogP contribution in [0.4, 0.5) is 5.69 Å². The summed E-state index contributed by atoms with van der Waals surface area (Å²) >= 11 is 12.1. The maximum absolute atomic E-state index is 12.4. The number of nitro benzene ring substituents is 1. The highest BCUT2D eigenvalue weighted by molar-refractivity contribution is 6.37. The number of non-ortho nitro benzene ring substituents is 1. The molecule has 2 rings (SSSR count). The lowest BCUT2D eigenvalue weighted by Gasteiger charge is -2.12. The van der Waals surface area contributed by atoms with Crippen LogP contribution in [0.15, 0.2) is 30.3 Å². The molecular formula is C22H26Cl2N2O5. The Morgan fingerprint density at radius 2 is 1.68 bits per heavy atom. The molecule has 7 nitrogen and oxygen atoms in total. The van der Waals surface area contributed by atoms with E-state index in [2.05, 4.69) is 12.2 Å².